The average Bonchev–Trinajstić information content (AvgIpc) is 2.25. The van der Waals surface area contributed by atoms with Gasteiger partial charge in [0.2, 0.25) is 0 Å². The Morgan fingerprint density at radius 1 is 1.17 bits per heavy atom. The molecule has 100 valence electrons. The highest BCUT2D eigenvalue weighted by molar-refractivity contribution is 5.80. The van der Waals surface area contributed by atoms with E-state index in [-0.39, 0.29) is 0 Å². The summed E-state index contributed by atoms with van der Waals surface area (Å²) in [7, 11) is 0. The van der Waals surface area contributed by atoms with Crippen molar-refractivity contribution in [2.24, 2.45) is 23.7 Å². The summed E-state index contributed by atoms with van der Waals surface area (Å²) in [5.41, 5.74) is 0.816. The van der Waals surface area contributed by atoms with Crippen molar-refractivity contribution in [2.75, 3.05) is 6.61 Å². The lowest BCUT2D eigenvalue weighted by Crippen LogP contribution is -2.49. The molecule has 0 aromatic rings. The van der Waals surface area contributed by atoms with Crippen LogP contribution in [0.4, 0.5) is 0 Å². The summed E-state index contributed by atoms with van der Waals surface area (Å²) in [6.45, 7) is 2.32. The van der Waals surface area contributed by atoms with Crippen molar-refractivity contribution in [3.63, 3.8) is 0 Å². The quantitative estimate of drug-likeness (QED) is 0.780. The molecule has 3 heteroatoms. The van der Waals surface area contributed by atoms with Gasteiger partial charge in [0, 0.05) is 6.08 Å². The van der Waals surface area contributed by atoms with E-state index in [9.17, 15) is 4.79 Å². The molecule has 0 aromatic carbocycles. The Balaban J connectivity index is 1.59. The number of carbonyl (C=O) groups is 1. The summed E-state index contributed by atoms with van der Waals surface area (Å²) >= 11 is 0. The topological polar surface area (TPSA) is 46.5 Å². The molecule has 0 heterocycles. The van der Waals surface area contributed by atoms with Gasteiger partial charge in [-0.2, -0.15) is 0 Å². The van der Waals surface area contributed by atoms with Crippen molar-refractivity contribution >= 4 is 5.97 Å². The zero-order chi connectivity index (χ0) is 12.7. The smallest absolute Gasteiger partial charge is 0.328 e. The Morgan fingerprint density at radius 3 is 2.22 bits per heavy atom. The van der Waals surface area contributed by atoms with Crippen molar-refractivity contribution in [3.8, 4) is 0 Å². The zero-order valence-electron chi connectivity index (χ0n) is 11.0. The fourth-order valence-corrected chi connectivity index (χ4v) is 4.63. The Morgan fingerprint density at radius 2 is 1.72 bits per heavy atom. The van der Waals surface area contributed by atoms with Gasteiger partial charge >= 0.3 is 5.97 Å². The number of rotatable bonds is 4. The Hall–Kier alpha value is -0.830. The molecule has 3 nitrogen and oxygen atoms in total. The van der Waals surface area contributed by atoms with Gasteiger partial charge in [-0.3, -0.25) is 0 Å². The van der Waals surface area contributed by atoms with Crippen LogP contribution in [0.3, 0.4) is 0 Å². The molecular formula is C15H22O3. The van der Waals surface area contributed by atoms with Crippen LogP contribution >= 0.6 is 0 Å². The van der Waals surface area contributed by atoms with Crippen LogP contribution in [0.15, 0.2) is 11.6 Å². The molecule has 1 N–H and O–H groups in total. The summed E-state index contributed by atoms with van der Waals surface area (Å²) < 4.78 is 6.05. The fraction of sp³-hybridized carbons (Fsp3) is 0.800. The molecule has 4 fully saturated rings. The van der Waals surface area contributed by atoms with Crippen molar-refractivity contribution in [1.82, 2.24) is 0 Å². The van der Waals surface area contributed by atoms with Gasteiger partial charge in [-0.15, -0.1) is 0 Å². The maximum Gasteiger partial charge on any atom is 0.328 e. The van der Waals surface area contributed by atoms with Crippen LogP contribution in [-0.4, -0.2) is 23.8 Å². The highest BCUT2D eigenvalue weighted by Gasteiger charge is 2.48. The predicted molar refractivity (Wildman–Crippen MR) is 68.2 cm³/mol. The second-order valence-electron chi connectivity index (χ2n) is 6.54. The van der Waals surface area contributed by atoms with Gasteiger partial charge in [-0.1, -0.05) is 0 Å². The summed E-state index contributed by atoms with van der Waals surface area (Å²) in [6, 6.07) is 0. The molecular weight excluding hydrogens is 228 g/mol. The van der Waals surface area contributed by atoms with Crippen LogP contribution in [0.5, 0.6) is 0 Å². The van der Waals surface area contributed by atoms with Crippen molar-refractivity contribution in [2.45, 2.75) is 45.1 Å². The minimum atomic E-state index is -0.874. The molecule has 0 aromatic heterocycles. The third-order valence-corrected chi connectivity index (χ3v) is 5.01. The van der Waals surface area contributed by atoms with E-state index in [2.05, 4.69) is 0 Å². The Bertz CT molecular complexity index is 344. The minimum Gasteiger partial charge on any atom is -0.478 e. The van der Waals surface area contributed by atoms with Gasteiger partial charge in [-0.25, -0.2) is 4.79 Å². The molecule has 0 amide bonds. The van der Waals surface area contributed by atoms with Gasteiger partial charge in [0.25, 0.3) is 0 Å². The standard InChI is InChI=1S/C15H22O3/c1-9(2-14(16)17)8-18-15-12-4-10-3-11(6-12)7-13(15)5-10/h2,10-13,15H,3-8H2,1H3,(H,16,17)/b9-2+. The van der Waals surface area contributed by atoms with E-state index >= 15 is 0 Å². The minimum absolute atomic E-state index is 0.398. The van der Waals surface area contributed by atoms with Crippen LogP contribution in [-0.2, 0) is 9.53 Å². The number of carboxylic acid groups (broad SMARTS) is 1. The third kappa shape index (κ3) is 2.33. The molecule has 0 saturated heterocycles. The lowest BCUT2D eigenvalue weighted by atomic mass is 9.55. The van der Waals surface area contributed by atoms with Crippen LogP contribution in [0.2, 0.25) is 0 Å². The molecule has 4 aliphatic rings. The SMILES string of the molecule is C/C(=C\C(=O)O)COC1C2CC3CC(C2)CC1C3. The number of carboxylic acids is 1. The van der Waals surface area contributed by atoms with E-state index in [0.717, 1.165) is 29.2 Å². The maximum atomic E-state index is 10.6. The molecule has 4 saturated carbocycles. The van der Waals surface area contributed by atoms with E-state index in [1.54, 1.807) is 0 Å². The average molecular weight is 250 g/mol. The molecule has 0 aliphatic heterocycles. The molecule has 4 rings (SSSR count). The van der Waals surface area contributed by atoms with Crippen LogP contribution in [0, 0.1) is 23.7 Å². The molecule has 0 atom stereocenters. The lowest BCUT2D eigenvalue weighted by Gasteiger charge is -2.54. The normalized spacial score (nSPS) is 42.3. The van der Waals surface area contributed by atoms with E-state index in [1.165, 1.54) is 38.2 Å². The fourth-order valence-electron chi connectivity index (χ4n) is 4.63. The monoisotopic (exact) mass is 250 g/mol. The van der Waals surface area contributed by atoms with Gasteiger partial charge < -0.3 is 9.84 Å². The van der Waals surface area contributed by atoms with E-state index in [4.69, 9.17) is 9.84 Å². The first-order valence-electron chi connectivity index (χ1n) is 7.13. The highest BCUT2D eigenvalue weighted by atomic mass is 16.5. The van der Waals surface area contributed by atoms with Crippen molar-refractivity contribution in [1.29, 1.82) is 0 Å². The van der Waals surface area contributed by atoms with E-state index in [0.29, 0.717) is 12.7 Å². The Kier molecular flexibility index (Phi) is 3.18. The van der Waals surface area contributed by atoms with Gasteiger partial charge in [0.15, 0.2) is 0 Å². The van der Waals surface area contributed by atoms with Gasteiger partial charge in [0.1, 0.15) is 0 Å². The summed E-state index contributed by atoms with van der Waals surface area (Å²) in [4.78, 5) is 10.6. The zero-order valence-corrected chi connectivity index (χ0v) is 11.0. The highest BCUT2D eigenvalue weighted by Crippen LogP contribution is 2.54. The number of ether oxygens (including phenoxy) is 1. The second kappa shape index (κ2) is 4.69. The largest absolute Gasteiger partial charge is 0.478 e. The second-order valence-corrected chi connectivity index (χ2v) is 6.54. The molecule has 4 bridgehead atoms. The molecule has 0 unspecified atom stereocenters. The Labute approximate surface area is 108 Å². The summed E-state index contributed by atoms with van der Waals surface area (Å²) in [6.07, 6.45) is 8.50. The van der Waals surface area contributed by atoms with Crippen molar-refractivity contribution in [3.05, 3.63) is 11.6 Å². The number of hydrogen-bond donors (Lipinski definition) is 1. The predicted octanol–water partition coefficient (Wildman–Crippen LogP) is 2.86. The summed E-state index contributed by atoms with van der Waals surface area (Å²) in [5.74, 6) is 2.55. The first kappa shape index (κ1) is 12.2. The third-order valence-electron chi connectivity index (χ3n) is 5.01. The van der Waals surface area contributed by atoms with E-state index < -0.39 is 5.97 Å². The maximum absolute atomic E-state index is 10.6. The molecule has 4 aliphatic carbocycles. The first-order valence-corrected chi connectivity index (χ1v) is 7.13. The molecule has 18 heavy (non-hydrogen) atoms. The van der Waals surface area contributed by atoms with Crippen LogP contribution in [0.25, 0.3) is 0 Å². The van der Waals surface area contributed by atoms with Gasteiger partial charge in [-0.05, 0) is 68.3 Å². The first-order chi connectivity index (χ1) is 8.61. The van der Waals surface area contributed by atoms with Crippen molar-refractivity contribution < 1.29 is 14.6 Å². The molecule has 0 radical (unpaired) electrons. The van der Waals surface area contributed by atoms with E-state index in [1.807, 2.05) is 6.92 Å². The van der Waals surface area contributed by atoms with Gasteiger partial charge in [0.05, 0.1) is 12.7 Å². The molecule has 0 spiro atoms. The van der Waals surface area contributed by atoms with Crippen LogP contribution < -0.4 is 0 Å². The summed E-state index contributed by atoms with van der Waals surface area (Å²) in [5, 5.41) is 8.69. The lowest BCUT2D eigenvalue weighted by molar-refractivity contribution is -0.131. The number of aliphatic carboxylic acids is 1. The number of hydrogen-bond acceptors (Lipinski definition) is 2. The van der Waals surface area contributed by atoms with Crippen LogP contribution in [0.1, 0.15) is 39.0 Å².